The van der Waals surface area contributed by atoms with Gasteiger partial charge in [-0.2, -0.15) is 0 Å². The molecule has 0 radical (unpaired) electrons. The first kappa shape index (κ1) is 14.7. The first-order valence-corrected chi connectivity index (χ1v) is 7.80. The topological polar surface area (TPSA) is 52.9 Å². The normalized spacial score (nSPS) is 32.4. The summed E-state index contributed by atoms with van der Waals surface area (Å²) in [5.74, 6) is 0.765. The summed E-state index contributed by atoms with van der Waals surface area (Å²) in [7, 11) is 3.72. The van der Waals surface area contributed by atoms with E-state index in [1.165, 1.54) is 11.1 Å². The van der Waals surface area contributed by atoms with Crippen LogP contribution in [-0.4, -0.2) is 41.4 Å². The Kier molecular flexibility index (Phi) is 3.62. The van der Waals surface area contributed by atoms with Crippen molar-refractivity contribution in [3.8, 4) is 11.5 Å². The second-order valence-electron chi connectivity index (χ2n) is 6.55. The highest BCUT2D eigenvalue weighted by atomic mass is 16.5. The summed E-state index contributed by atoms with van der Waals surface area (Å²) in [6.07, 6.45) is 3.50. The average Bonchev–Trinajstić information content (AvgIpc) is 2.47. The molecule has 0 amide bonds. The minimum Gasteiger partial charge on any atom is -0.504 e. The number of methoxy groups -OCH3 is 1. The van der Waals surface area contributed by atoms with Crippen molar-refractivity contribution in [2.75, 3.05) is 14.2 Å². The van der Waals surface area contributed by atoms with Gasteiger partial charge in [0.1, 0.15) is 0 Å². The number of hydrogen-bond acceptors (Lipinski definition) is 4. The number of phenols is 1. The van der Waals surface area contributed by atoms with Gasteiger partial charge in [0, 0.05) is 18.0 Å². The number of hydrogen-bond donors (Lipinski definition) is 2. The summed E-state index contributed by atoms with van der Waals surface area (Å²) < 4.78 is 5.32. The third-order valence-corrected chi connectivity index (χ3v) is 5.58. The van der Waals surface area contributed by atoms with E-state index >= 15 is 0 Å². The second kappa shape index (κ2) is 5.18. The molecular weight excluding hydrogens is 266 g/mol. The summed E-state index contributed by atoms with van der Waals surface area (Å²) in [5.41, 5.74) is 2.54. The smallest absolute Gasteiger partial charge is 0.160 e. The van der Waals surface area contributed by atoms with Gasteiger partial charge >= 0.3 is 0 Å². The molecule has 21 heavy (non-hydrogen) atoms. The van der Waals surface area contributed by atoms with Gasteiger partial charge in [0.15, 0.2) is 11.5 Å². The number of benzene rings is 1. The maximum absolute atomic E-state index is 10.1. The maximum Gasteiger partial charge on any atom is 0.160 e. The van der Waals surface area contributed by atoms with Gasteiger partial charge in [0.25, 0.3) is 0 Å². The molecule has 1 saturated carbocycles. The SMILES string of the molecule is CC[C@]12CCC(O)C[C@@H]1N(C)Cc1cc(O)c(OC)cc12. The lowest BCUT2D eigenvalue weighted by atomic mass is 9.60. The van der Waals surface area contributed by atoms with Crippen molar-refractivity contribution in [3.05, 3.63) is 23.3 Å². The van der Waals surface area contributed by atoms with Gasteiger partial charge in [0.05, 0.1) is 13.2 Å². The van der Waals surface area contributed by atoms with Crippen LogP contribution in [0.3, 0.4) is 0 Å². The van der Waals surface area contributed by atoms with Crippen LogP contribution < -0.4 is 4.74 Å². The van der Waals surface area contributed by atoms with Gasteiger partial charge < -0.3 is 14.9 Å². The van der Waals surface area contributed by atoms with Gasteiger partial charge in [-0.05, 0) is 56.0 Å². The van der Waals surface area contributed by atoms with Crippen LogP contribution in [0.25, 0.3) is 0 Å². The summed E-state index contributed by atoms with van der Waals surface area (Å²) in [6.45, 7) is 3.04. The van der Waals surface area contributed by atoms with Crippen molar-refractivity contribution in [1.82, 2.24) is 4.90 Å². The number of fused-ring (bicyclic) bond motifs is 3. The third kappa shape index (κ3) is 2.12. The van der Waals surface area contributed by atoms with E-state index in [1.807, 2.05) is 12.1 Å². The highest BCUT2D eigenvalue weighted by Crippen LogP contribution is 2.50. The fourth-order valence-corrected chi connectivity index (χ4v) is 4.46. The van der Waals surface area contributed by atoms with E-state index in [1.54, 1.807) is 7.11 Å². The Labute approximate surface area is 126 Å². The van der Waals surface area contributed by atoms with Gasteiger partial charge in [-0.25, -0.2) is 0 Å². The van der Waals surface area contributed by atoms with E-state index in [0.29, 0.717) is 11.8 Å². The molecule has 0 aromatic heterocycles. The molecule has 4 nitrogen and oxygen atoms in total. The summed E-state index contributed by atoms with van der Waals surface area (Å²) in [4.78, 5) is 2.33. The fourth-order valence-electron chi connectivity index (χ4n) is 4.46. The zero-order valence-corrected chi connectivity index (χ0v) is 13.1. The molecule has 3 atom stereocenters. The van der Waals surface area contributed by atoms with E-state index in [-0.39, 0.29) is 17.3 Å². The lowest BCUT2D eigenvalue weighted by Crippen LogP contribution is -2.56. The van der Waals surface area contributed by atoms with Gasteiger partial charge in [-0.1, -0.05) is 6.92 Å². The van der Waals surface area contributed by atoms with Crippen LogP contribution in [0.1, 0.15) is 43.7 Å². The fraction of sp³-hybridized carbons (Fsp3) is 0.647. The second-order valence-corrected chi connectivity index (χ2v) is 6.55. The highest BCUT2D eigenvalue weighted by molar-refractivity contribution is 5.51. The van der Waals surface area contributed by atoms with Crippen molar-refractivity contribution in [3.63, 3.8) is 0 Å². The molecule has 3 rings (SSSR count). The molecule has 116 valence electrons. The number of ether oxygens (including phenoxy) is 1. The van der Waals surface area contributed by atoms with Crippen LogP contribution >= 0.6 is 0 Å². The highest BCUT2D eigenvalue weighted by Gasteiger charge is 2.48. The number of rotatable bonds is 2. The van der Waals surface area contributed by atoms with E-state index in [4.69, 9.17) is 4.74 Å². The molecule has 1 heterocycles. The number of aliphatic hydroxyl groups is 1. The number of aliphatic hydroxyl groups excluding tert-OH is 1. The first-order valence-electron chi connectivity index (χ1n) is 7.80. The van der Waals surface area contributed by atoms with Gasteiger partial charge in [-0.15, -0.1) is 0 Å². The standard InChI is InChI=1S/C17H25NO3/c1-4-17-6-5-12(19)8-16(17)18(2)10-11-7-14(20)15(21-3)9-13(11)17/h7,9,12,16,19-20H,4-6,8,10H2,1-3H3/t12?,16-,17+/m0/s1. The Balaban J connectivity index is 2.15. The van der Waals surface area contributed by atoms with E-state index in [9.17, 15) is 10.2 Å². The molecule has 2 aliphatic rings. The Morgan fingerprint density at radius 3 is 2.86 bits per heavy atom. The quantitative estimate of drug-likeness (QED) is 0.878. The van der Waals surface area contributed by atoms with Crippen molar-refractivity contribution in [1.29, 1.82) is 0 Å². The molecule has 4 heteroatoms. The molecule has 1 aromatic carbocycles. The lowest BCUT2D eigenvalue weighted by molar-refractivity contribution is 0.00422. The molecule has 2 N–H and O–H groups in total. The Bertz CT molecular complexity index is 545. The lowest BCUT2D eigenvalue weighted by Gasteiger charge is -2.53. The van der Waals surface area contributed by atoms with Crippen molar-refractivity contribution >= 4 is 0 Å². The third-order valence-electron chi connectivity index (χ3n) is 5.58. The average molecular weight is 291 g/mol. The molecule has 1 fully saturated rings. The zero-order valence-electron chi connectivity index (χ0n) is 13.1. The summed E-state index contributed by atoms with van der Waals surface area (Å²) in [5, 5.41) is 20.1. The van der Waals surface area contributed by atoms with Gasteiger partial charge in [0.2, 0.25) is 0 Å². The van der Waals surface area contributed by atoms with Crippen LogP contribution in [0.2, 0.25) is 0 Å². The molecule has 0 bridgehead atoms. The van der Waals surface area contributed by atoms with Crippen molar-refractivity contribution in [2.24, 2.45) is 0 Å². The molecule has 0 spiro atoms. The predicted molar refractivity (Wildman–Crippen MR) is 81.7 cm³/mol. The van der Waals surface area contributed by atoms with E-state index in [0.717, 1.165) is 32.2 Å². The zero-order chi connectivity index (χ0) is 15.2. The minimum atomic E-state index is -0.197. The number of phenolic OH excluding ortho intramolecular Hbond substituents is 1. The molecule has 1 aromatic rings. The minimum absolute atomic E-state index is 0.0581. The Morgan fingerprint density at radius 1 is 1.43 bits per heavy atom. The van der Waals surface area contributed by atoms with Crippen LogP contribution in [-0.2, 0) is 12.0 Å². The number of nitrogens with zero attached hydrogens (tertiary/aromatic N) is 1. The molecule has 1 unspecified atom stereocenters. The van der Waals surface area contributed by atoms with Crippen LogP contribution in [0, 0.1) is 0 Å². The van der Waals surface area contributed by atoms with Crippen molar-refractivity contribution in [2.45, 2.75) is 56.7 Å². The predicted octanol–water partition coefficient (Wildman–Crippen LogP) is 2.41. The van der Waals surface area contributed by atoms with Crippen LogP contribution in [0.5, 0.6) is 11.5 Å². The van der Waals surface area contributed by atoms with Crippen LogP contribution in [0.4, 0.5) is 0 Å². The molecule has 1 aliphatic carbocycles. The molecule has 1 aliphatic heterocycles. The number of aromatic hydroxyl groups is 1. The largest absolute Gasteiger partial charge is 0.504 e. The van der Waals surface area contributed by atoms with Crippen LogP contribution in [0.15, 0.2) is 12.1 Å². The van der Waals surface area contributed by atoms with E-state index < -0.39 is 0 Å². The van der Waals surface area contributed by atoms with Gasteiger partial charge in [-0.3, -0.25) is 4.90 Å². The van der Waals surface area contributed by atoms with Crippen molar-refractivity contribution < 1.29 is 14.9 Å². The Hall–Kier alpha value is -1.26. The summed E-state index contributed by atoms with van der Waals surface area (Å²) in [6, 6.07) is 4.22. The maximum atomic E-state index is 10.1. The number of likely N-dealkylation sites (N-methyl/N-ethyl adjacent to an activating group) is 1. The molecular formula is C17H25NO3. The first-order chi connectivity index (χ1) is 10.0. The monoisotopic (exact) mass is 291 g/mol. The van der Waals surface area contributed by atoms with E-state index in [2.05, 4.69) is 18.9 Å². The Morgan fingerprint density at radius 2 is 2.19 bits per heavy atom. The summed E-state index contributed by atoms with van der Waals surface area (Å²) >= 11 is 0. The molecule has 0 saturated heterocycles.